The van der Waals surface area contributed by atoms with Crippen LogP contribution in [-0.2, 0) is 9.53 Å². The van der Waals surface area contributed by atoms with E-state index in [0.29, 0.717) is 0 Å². The molecule has 52 valence electrons. The smallest absolute Gasteiger partial charge is 0.304 e. The van der Waals surface area contributed by atoms with Crippen LogP contribution in [0.2, 0.25) is 0 Å². The first kappa shape index (κ1) is 6.51. The van der Waals surface area contributed by atoms with E-state index in [0.717, 1.165) is 13.0 Å². The van der Waals surface area contributed by atoms with Crippen LogP contribution in [0.4, 0.5) is 0 Å². The Hall–Kier alpha value is -0.610. The molecule has 0 bridgehead atoms. The SMILES string of the molecule is CC(=O)OC1CCN1N. The van der Waals surface area contributed by atoms with E-state index in [1.807, 2.05) is 0 Å². The first-order valence-electron chi connectivity index (χ1n) is 2.88. The van der Waals surface area contributed by atoms with Crippen LogP contribution < -0.4 is 5.84 Å². The van der Waals surface area contributed by atoms with Crippen molar-refractivity contribution in [3.05, 3.63) is 0 Å². The second-order valence-corrected chi connectivity index (χ2v) is 2.09. The van der Waals surface area contributed by atoms with Crippen molar-refractivity contribution in [1.29, 1.82) is 0 Å². The summed E-state index contributed by atoms with van der Waals surface area (Å²) in [5.41, 5.74) is 0. The molecule has 0 saturated carbocycles. The van der Waals surface area contributed by atoms with Crippen molar-refractivity contribution in [3.8, 4) is 0 Å². The van der Waals surface area contributed by atoms with Gasteiger partial charge in [-0.05, 0) is 0 Å². The third-order valence-electron chi connectivity index (χ3n) is 1.31. The molecule has 1 unspecified atom stereocenters. The van der Waals surface area contributed by atoms with Crippen molar-refractivity contribution < 1.29 is 9.53 Å². The first-order chi connectivity index (χ1) is 4.20. The summed E-state index contributed by atoms with van der Waals surface area (Å²) >= 11 is 0. The Bertz CT molecular complexity index is 126. The Balaban J connectivity index is 2.21. The average Bonchev–Trinajstić information content (AvgIpc) is 1.79. The highest BCUT2D eigenvalue weighted by Crippen LogP contribution is 2.12. The molecular weight excluding hydrogens is 120 g/mol. The van der Waals surface area contributed by atoms with E-state index in [-0.39, 0.29) is 12.2 Å². The number of esters is 1. The fourth-order valence-electron chi connectivity index (χ4n) is 0.702. The minimum Gasteiger partial charge on any atom is -0.445 e. The zero-order valence-corrected chi connectivity index (χ0v) is 5.33. The summed E-state index contributed by atoms with van der Waals surface area (Å²) in [6.07, 6.45) is 0.693. The predicted molar refractivity (Wildman–Crippen MR) is 31.1 cm³/mol. The topological polar surface area (TPSA) is 55.6 Å². The van der Waals surface area contributed by atoms with Gasteiger partial charge in [-0.15, -0.1) is 0 Å². The molecule has 0 amide bonds. The summed E-state index contributed by atoms with van der Waals surface area (Å²) in [5.74, 6) is 5.06. The van der Waals surface area contributed by atoms with E-state index in [4.69, 9.17) is 10.6 Å². The summed E-state index contributed by atoms with van der Waals surface area (Å²) < 4.78 is 4.76. The van der Waals surface area contributed by atoms with Crippen molar-refractivity contribution in [2.24, 2.45) is 5.84 Å². The lowest BCUT2D eigenvalue weighted by Crippen LogP contribution is -2.53. The Morgan fingerprint density at radius 1 is 1.89 bits per heavy atom. The Kier molecular flexibility index (Phi) is 1.68. The van der Waals surface area contributed by atoms with Gasteiger partial charge in [-0.1, -0.05) is 0 Å². The summed E-state index contributed by atoms with van der Waals surface area (Å²) in [6, 6.07) is 0. The predicted octanol–water partition coefficient (Wildman–Crippen LogP) is -0.545. The number of carbonyl (C=O) groups excluding carboxylic acids is 1. The number of rotatable bonds is 1. The number of nitrogens with zero attached hydrogens (tertiary/aromatic N) is 1. The molecule has 9 heavy (non-hydrogen) atoms. The molecule has 0 aromatic rings. The second kappa shape index (κ2) is 2.33. The van der Waals surface area contributed by atoms with Crippen LogP contribution in [0.5, 0.6) is 0 Å². The molecule has 1 rings (SSSR count). The molecule has 4 heteroatoms. The van der Waals surface area contributed by atoms with Crippen LogP contribution in [0.15, 0.2) is 0 Å². The van der Waals surface area contributed by atoms with Crippen molar-refractivity contribution in [2.45, 2.75) is 19.6 Å². The Morgan fingerprint density at radius 3 is 2.67 bits per heavy atom. The van der Waals surface area contributed by atoms with Gasteiger partial charge in [0.1, 0.15) is 0 Å². The van der Waals surface area contributed by atoms with E-state index in [9.17, 15) is 4.79 Å². The van der Waals surface area contributed by atoms with Gasteiger partial charge in [0.2, 0.25) is 0 Å². The minimum atomic E-state index is -0.268. The van der Waals surface area contributed by atoms with Gasteiger partial charge in [0, 0.05) is 19.9 Å². The third kappa shape index (κ3) is 1.40. The molecule has 1 aliphatic heterocycles. The van der Waals surface area contributed by atoms with Gasteiger partial charge in [0.15, 0.2) is 6.23 Å². The van der Waals surface area contributed by atoms with Gasteiger partial charge >= 0.3 is 5.97 Å². The molecule has 0 radical (unpaired) electrons. The molecule has 0 spiro atoms. The molecule has 4 nitrogen and oxygen atoms in total. The lowest BCUT2D eigenvalue weighted by atomic mass is 10.2. The number of hydrazine groups is 1. The zero-order valence-electron chi connectivity index (χ0n) is 5.33. The number of ether oxygens (including phenoxy) is 1. The van der Waals surface area contributed by atoms with Crippen LogP contribution in [0, 0.1) is 0 Å². The largest absolute Gasteiger partial charge is 0.445 e. The number of nitrogens with two attached hydrogens (primary N) is 1. The summed E-state index contributed by atoms with van der Waals surface area (Å²) in [5, 5.41) is 1.50. The average molecular weight is 130 g/mol. The lowest BCUT2D eigenvalue weighted by molar-refractivity contribution is -0.170. The van der Waals surface area contributed by atoms with Gasteiger partial charge < -0.3 is 4.74 Å². The molecule has 0 aromatic heterocycles. The molecule has 1 aliphatic rings. The van der Waals surface area contributed by atoms with E-state index in [2.05, 4.69) is 0 Å². The van der Waals surface area contributed by atoms with Crippen LogP contribution in [0.3, 0.4) is 0 Å². The van der Waals surface area contributed by atoms with Crippen molar-refractivity contribution in [3.63, 3.8) is 0 Å². The van der Waals surface area contributed by atoms with Crippen LogP contribution in [0.25, 0.3) is 0 Å². The lowest BCUT2D eigenvalue weighted by Gasteiger charge is -2.35. The molecule has 1 saturated heterocycles. The molecule has 2 N–H and O–H groups in total. The van der Waals surface area contributed by atoms with E-state index < -0.39 is 0 Å². The Morgan fingerprint density at radius 2 is 2.56 bits per heavy atom. The molecule has 0 aliphatic carbocycles. The summed E-state index contributed by atoms with van der Waals surface area (Å²) in [7, 11) is 0. The van der Waals surface area contributed by atoms with Crippen molar-refractivity contribution in [1.82, 2.24) is 5.01 Å². The Labute approximate surface area is 53.5 Å². The highest BCUT2D eigenvalue weighted by molar-refractivity contribution is 5.66. The maximum absolute atomic E-state index is 10.3. The first-order valence-corrected chi connectivity index (χ1v) is 2.88. The quantitative estimate of drug-likeness (QED) is 0.382. The van der Waals surface area contributed by atoms with Crippen LogP contribution in [0.1, 0.15) is 13.3 Å². The third-order valence-corrected chi connectivity index (χ3v) is 1.31. The van der Waals surface area contributed by atoms with Gasteiger partial charge in [-0.25, -0.2) is 5.01 Å². The minimum absolute atomic E-state index is 0.164. The summed E-state index contributed by atoms with van der Waals surface area (Å²) in [6.45, 7) is 2.20. The van der Waals surface area contributed by atoms with Crippen molar-refractivity contribution in [2.75, 3.05) is 6.54 Å². The summed E-state index contributed by atoms with van der Waals surface area (Å²) in [4.78, 5) is 10.3. The van der Waals surface area contributed by atoms with Gasteiger partial charge in [0.25, 0.3) is 0 Å². The van der Waals surface area contributed by atoms with Crippen LogP contribution in [-0.4, -0.2) is 23.8 Å². The molecule has 1 fully saturated rings. The number of carbonyl (C=O) groups is 1. The standard InChI is InChI=1S/C5H10N2O2/c1-4(8)9-5-2-3-7(5)6/h5H,2-3,6H2,1H3. The number of hydrogen-bond acceptors (Lipinski definition) is 4. The molecule has 1 heterocycles. The highest BCUT2D eigenvalue weighted by Gasteiger charge is 2.27. The fourth-order valence-corrected chi connectivity index (χ4v) is 0.702. The van der Waals surface area contributed by atoms with E-state index in [1.54, 1.807) is 0 Å². The maximum atomic E-state index is 10.3. The van der Waals surface area contributed by atoms with Gasteiger partial charge in [-0.2, -0.15) is 0 Å². The highest BCUT2D eigenvalue weighted by atomic mass is 16.6. The normalized spacial score (nSPS) is 27.1. The van der Waals surface area contributed by atoms with E-state index >= 15 is 0 Å². The monoisotopic (exact) mass is 130 g/mol. The van der Waals surface area contributed by atoms with Crippen molar-refractivity contribution >= 4 is 5.97 Å². The second-order valence-electron chi connectivity index (χ2n) is 2.09. The van der Waals surface area contributed by atoms with E-state index in [1.165, 1.54) is 11.9 Å². The zero-order chi connectivity index (χ0) is 6.85. The van der Waals surface area contributed by atoms with Crippen LogP contribution >= 0.6 is 0 Å². The van der Waals surface area contributed by atoms with Gasteiger partial charge in [0.05, 0.1) is 0 Å². The number of hydrogen-bond donors (Lipinski definition) is 1. The molecular formula is C5H10N2O2. The maximum Gasteiger partial charge on any atom is 0.304 e. The molecule has 0 aromatic carbocycles. The fraction of sp³-hybridized carbons (Fsp3) is 0.800. The van der Waals surface area contributed by atoms with Gasteiger partial charge in [-0.3, -0.25) is 10.6 Å². The molecule has 1 atom stereocenters.